The lowest BCUT2D eigenvalue weighted by Crippen LogP contribution is -2.18. The third-order valence-electron chi connectivity index (χ3n) is 4.06. The van der Waals surface area contributed by atoms with Gasteiger partial charge in [-0.25, -0.2) is 4.79 Å². The highest BCUT2D eigenvalue weighted by molar-refractivity contribution is 5.69. The van der Waals surface area contributed by atoms with Crippen molar-refractivity contribution in [2.45, 2.75) is 110 Å². The van der Waals surface area contributed by atoms with Crippen LogP contribution in [0.5, 0.6) is 0 Å². The van der Waals surface area contributed by atoms with Gasteiger partial charge in [-0.3, -0.25) is 0 Å². The fraction of sp³-hybridized carbons (Fsp3) is 0.900. The van der Waals surface area contributed by atoms with Gasteiger partial charge in [0.2, 0.25) is 0 Å². The molecule has 0 aliphatic heterocycles. The first-order chi connectivity index (χ1) is 12.1. The molecule has 0 aromatic rings. The van der Waals surface area contributed by atoms with Crippen molar-refractivity contribution in [2.24, 2.45) is 17.2 Å². The predicted octanol–water partition coefficient (Wildman–Crippen LogP) is 5.05. The Morgan fingerprint density at radius 1 is 0.600 bits per heavy atom. The van der Waals surface area contributed by atoms with E-state index in [0.717, 1.165) is 6.54 Å². The van der Waals surface area contributed by atoms with E-state index in [1.807, 2.05) is 6.79 Å². The number of carbonyl (C=O) groups is 2. The van der Waals surface area contributed by atoms with Crippen molar-refractivity contribution in [1.29, 1.82) is 0 Å². The lowest BCUT2D eigenvalue weighted by atomic mass is 10.0. The highest BCUT2D eigenvalue weighted by Gasteiger charge is 1.94. The third kappa shape index (κ3) is 45.1. The van der Waals surface area contributed by atoms with Crippen LogP contribution in [0.25, 0.3) is 0 Å². The van der Waals surface area contributed by atoms with Crippen molar-refractivity contribution in [1.82, 2.24) is 0 Å². The van der Waals surface area contributed by atoms with Gasteiger partial charge < -0.3 is 22.0 Å². The van der Waals surface area contributed by atoms with Crippen LogP contribution in [0.15, 0.2) is 0 Å². The summed E-state index contributed by atoms with van der Waals surface area (Å²) in [6.45, 7) is 5.16. The molecule has 0 aliphatic carbocycles. The third-order valence-corrected chi connectivity index (χ3v) is 4.06. The van der Waals surface area contributed by atoms with Gasteiger partial charge in [0.25, 0.3) is 0 Å². The Morgan fingerprint density at radius 3 is 1.00 bits per heavy atom. The lowest BCUT2D eigenvalue weighted by molar-refractivity contribution is -0.0979. The van der Waals surface area contributed by atoms with Gasteiger partial charge >= 0.3 is 6.03 Å². The van der Waals surface area contributed by atoms with Crippen molar-refractivity contribution in [3.8, 4) is 0 Å². The molecule has 0 rings (SSSR count). The fourth-order valence-corrected chi connectivity index (χ4v) is 2.69. The van der Waals surface area contributed by atoms with Crippen LogP contribution in [-0.2, 0) is 4.79 Å². The van der Waals surface area contributed by atoms with Gasteiger partial charge in [-0.05, 0) is 13.0 Å². The minimum atomic E-state index is -0.833. The first kappa shape index (κ1) is 28.7. The topological polar surface area (TPSA) is 112 Å². The van der Waals surface area contributed by atoms with Crippen LogP contribution >= 0.6 is 0 Å². The Hall–Kier alpha value is -1.10. The molecule has 152 valence electrons. The van der Waals surface area contributed by atoms with Gasteiger partial charge in [-0.15, -0.1) is 0 Å². The Morgan fingerprint density at radius 2 is 0.800 bits per heavy atom. The Balaban J connectivity index is -0.000000701. The maximum absolute atomic E-state index is 9.00. The summed E-state index contributed by atoms with van der Waals surface area (Å²) < 4.78 is 0. The molecule has 0 radical (unpaired) electrons. The van der Waals surface area contributed by atoms with E-state index in [0.29, 0.717) is 0 Å². The number of primary amides is 2. The van der Waals surface area contributed by atoms with Crippen molar-refractivity contribution in [3.05, 3.63) is 0 Å². The average Bonchev–Trinajstić information content (AvgIpc) is 2.60. The lowest BCUT2D eigenvalue weighted by Gasteiger charge is -2.03. The van der Waals surface area contributed by atoms with E-state index < -0.39 is 6.03 Å². The molecule has 5 heteroatoms. The molecule has 5 nitrogen and oxygen atoms in total. The van der Waals surface area contributed by atoms with Crippen molar-refractivity contribution in [2.75, 3.05) is 6.54 Å². The van der Waals surface area contributed by atoms with Gasteiger partial charge in [0.15, 0.2) is 0 Å². The number of hydrogen-bond acceptors (Lipinski definition) is 3. The summed E-state index contributed by atoms with van der Waals surface area (Å²) in [7, 11) is 0. The molecule has 2 amide bonds. The summed E-state index contributed by atoms with van der Waals surface area (Å²) in [6, 6.07) is -0.833. The standard InChI is InChI=1S/C18H39N.CH4N2O.CH2O/c1-2-3-4-5-6-7-8-9-10-11-12-13-14-15-16-17-18-19;2-1(3)4;1-2/h2-19H2,1H3;(H4,2,3,4);1H2. The largest absolute Gasteiger partial charge is 0.352 e. The Labute approximate surface area is 156 Å². The van der Waals surface area contributed by atoms with E-state index in [2.05, 4.69) is 18.4 Å². The summed E-state index contributed by atoms with van der Waals surface area (Å²) in [4.78, 5) is 17.0. The molecule has 0 aromatic carbocycles. The molecular weight excluding hydrogens is 314 g/mol. The van der Waals surface area contributed by atoms with Crippen LogP contribution < -0.4 is 17.2 Å². The van der Waals surface area contributed by atoms with Crippen molar-refractivity contribution >= 4 is 12.8 Å². The zero-order valence-corrected chi connectivity index (χ0v) is 16.8. The molecular formula is C20H45N3O2. The first-order valence-corrected chi connectivity index (χ1v) is 10.2. The minimum absolute atomic E-state index is 0.833. The molecule has 0 heterocycles. The molecule has 0 unspecified atom stereocenters. The van der Waals surface area contributed by atoms with Crippen molar-refractivity contribution < 1.29 is 9.59 Å². The van der Waals surface area contributed by atoms with Gasteiger partial charge in [-0.1, -0.05) is 103 Å². The van der Waals surface area contributed by atoms with E-state index in [4.69, 9.17) is 15.3 Å². The summed E-state index contributed by atoms with van der Waals surface area (Å²) in [5.74, 6) is 0. The molecule has 0 bridgehead atoms. The van der Waals surface area contributed by atoms with Crippen LogP contribution in [-0.4, -0.2) is 19.4 Å². The second-order valence-electron chi connectivity index (χ2n) is 6.49. The highest BCUT2D eigenvalue weighted by Crippen LogP contribution is 2.13. The number of amides is 2. The van der Waals surface area contributed by atoms with Crippen LogP contribution in [0.3, 0.4) is 0 Å². The number of rotatable bonds is 16. The number of unbranched alkanes of at least 4 members (excludes halogenated alkanes) is 15. The molecule has 0 aromatic heterocycles. The maximum Gasteiger partial charge on any atom is 0.309 e. The van der Waals surface area contributed by atoms with E-state index in [1.54, 1.807) is 0 Å². The normalized spacial score (nSPS) is 9.52. The van der Waals surface area contributed by atoms with E-state index in [1.165, 1.54) is 103 Å². The second kappa shape index (κ2) is 30.7. The number of urea groups is 1. The van der Waals surface area contributed by atoms with Crippen LogP contribution in [0, 0.1) is 0 Å². The average molecular weight is 360 g/mol. The van der Waals surface area contributed by atoms with Crippen molar-refractivity contribution in [3.63, 3.8) is 0 Å². The predicted molar refractivity (Wildman–Crippen MR) is 109 cm³/mol. The fourth-order valence-electron chi connectivity index (χ4n) is 2.69. The smallest absolute Gasteiger partial charge is 0.309 e. The van der Waals surface area contributed by atoms with E-state index in [-0.39, 0.29) is 0 Å². The second-order valence-corrected chi connectivity index (χ2v) is 6.49. The minimum Gasteiger partial charge on any atom is -0.352 e. The highest BCUT2D eigenvalue weighted by atomic mass is 16.2. The molecule has 0 aliphatic rings. The summed E-state index contributed by atoms with van der Waals surface area (Å²) in [5.41, 5.74) is 14.0. The molecule has 0 atom stereocenters. The number of carbonyl (C=O) groups excluding carboxylic acids is 2. The van der Waals surface area contributed by atoms with Gasteiger partial charge in [0.05, 0.1) is 0 Å². The zero-order valence-electron chi connectivity index (χ0n) is 16.8. The first-order valence-electron chi connectivity index (χ1n) is 10.2. The molecule has 0 fully saturated rings. The summed E-state index contributed by atoms with van der Waals surface area (Å²) in [6.07, 6.45) is 22.9. The zero-order chi connectivity index (χ0) is 19.6. The quantitative estimate of drug-likeness (QED) is 0.335. The molecule has 6 N–H and O–H groups in total. The van der Waals surface area contributed by atoms with Gasteiger partial charge in [0, 0.05) is 0 Å². The molecule has 0 saturated heterocycles. The molecule has 0 saturated carbocycles. The Kier molecular flexibility index (Phi) is 35.3. The summed E-state index contributed by atoms with van der Waals surface area (Å²) >= 11 is 0. The van der Waals surface area contributed by atoms with Crippen LogP contribution in [0.4, 0.5) is 4.79 Å². The van der Waals surface area contributed by atoms with E-state index in [9.17, 15) is 0 Å². The van der Waals surface area contributed by atoms with Gasteiger partial charge in [0.1, 0.15) is 6.79 Å². The van der Waals surface area contributed by atoms with Crippen LogP contribution in [0.2, 0.25) is 0 Å². The van der Waals surface area contributed by atoms with E-state index >= 15 is 0 Å². The molecule has 25 heavy (non-hydrogen) atoms. The van der Waals surface area contributed by atoms with Gasteiger partial charge in [-0.2, -0.15) is 0 Å². The SMILES string of the molecule is C=O.CCCCCCCCCCCCCCCCCCN.NC(N)=O. The number of hydrogen-bond donors (Lipinski definition) is 3. The monoisotopic (exact) mass is 359 g/mol. The van der Waals surface area contributed by atoms with Crippen LogP contribution in [0.1, 0.15) is 110 Å². The Bertz CT molecular complexity index is 219. The molecule has 0 spiro atoms. The number of nitrogens with two attached hydrogens (primary N) is 3. The summed E-state index contributed by atoms with van der Waals surface area (Å²) in [5, 5.41) is 0. The maximum atomic E-state index is 9.00.